The average molecular weight is 304 g/mol. The van der Waals surface area contributed by atoms with Gasteiger partial charge in [0.15, 0.2) is 10.4 Å². The van der Waals surface area contributed by atoms with Crippen molar-refractivity contribution in [2.24, 2.45) is 0 Å². The maximum atomic E-state index is 5.24. The SMILES string of the molecule is CC(C)n1c(CCNc2ncnc3[nH]ncc23)n[nH]c1=S. The maximum absolute atomic E-state index is 5.24. The molecule has 0 atom stereocenters. The molecule has 3 rings (SSSR count). The molecule has 0 aromatic carbocycles. The smallest absolute Gasteiger partial charge is 0.195 e. The van der Waals surface area contributed by atoms with Crippen LogP contribution in [-0.4, -0.2) is 41.5 Å². The van der Waals surface area contributed by atoms with E-state index in [0.717, 1.165) is 29.1 Å². The molecule has 0 radical (unpaired) electrons. The fourth-order valence-corrected chi connectivity index (χ4v) is 2.61. The van der Waals surface area contributed by atoms with Gasteiger partial charge in [-0.2, -0.15) is 10.2 Å². The molecule has 21 heavy (non-hydrogen) atoms. The van der Waals surface area contributed by atoms with Gasteiger partial charge in [-0.15, -0.1) is 0 Å². The molecule has 3 aromatic rings. The zero-order chi connectivity index (χ0) is 14.8. The Morgan fingerprint density at radius 1 is 1.33 bits per heavy atom. The molecule has 8 nitrogen and oxygen atoms in total. The Bertz CT molecular complexity index is 799. The van der Waals surface area contributed by atoms with Crippen LogP contribution >= 0.6 is 12.2 Å². The lowest BCUT2D eigenvalue weighted by molar-refractivity contribution is 0.562. The van der Waals surface area contributed by atoms with Gasteiger partial charge in [0.25, 0.3) is 0 Å². The van der Waals surface area contributed by atoms with Crippen molar-refractivity contribution < 1.29 is 0 Å². The van der Waals surface area contributed by atoms with Crippen molar-refractivity contribution in [3.05, 3.63) is 23.1 Å². The van der Waals surface area contributed by atoms with Crippen molar-refractivity contribution in [3.63, 3.8) is 0 Å². The molecule has 0 saturated carbocycles. The third kappa shape index (κ3) is 2.64. The van der Waals surface area contributed by atoms with Gasteiger partial charge in [-0.05, 0) is 26.1 Å². The lowest BCUT2D eigenvalue weighted by atomic mass is 10.3. The van der Waals surface area contributed by atoms with Crippen LogP contribution < -0.4 is 5.32 Å². The van der Waals surface area contributed by atoms with Crippen LogP contribution in [0.4, 0.5) is 5.82 Å². The summed E-state index contributed by atoms with van der Waals surface area (Å²) < 4.78 is 2.67. The highest BCUT2D eigenvalue weighted by atomic mass is 32.1. The van der Waals surface area contributed by atoms with Crippen LogP contribution in [0.1, 0.15) is 25.7 Å². The van der Waals surface area contributed by atoms with E-state index in [2.05, 4.69) is 49.5 Å². The number of hydrogen-bond donors (Lipinski definition) is 3. The first-order valence-electron chi connectivity index (χ1n) is 6.70. The minimum absolute atomic E-state index is 0.283. The van der Waals surface area contributed by atoms with E-state index in [1.807, 2.05) is 4.57 Å². The van der Waals surface area contributed by atoms with Crippen LogP contribution in [0, 0.1) is 4.77 Å². The Hall–Kier alpha value is -2.29. The van der Waals surface area contributed by atoms with E-state index in [9.17, 15) is 0 Å². The molecule has 0 aliphatic rings. The summed E-state index contributed by atoms with van der Waals surface area (Å²) in [5.41, 5.74) is 0.720. The number of anilines is 1. The second-order valence-electron chi connectivity index (χ2n) is 4.94. The largest absolute Gasteiger partial charge is 0.369 e. The van der Waals surface area contributed by atoms with Crippen LogP contribution in [0.25, 0.3) is 11.0 Å². The van der Waals surface area contributed by atoms with Gasteiger partial charge < -0.3 is 9.88 Å². The Kier molecular flexibility index (Phi) is 3.65. The maximum Gasteiger partial charge on any atom is 0.195 e. The quantitative estimate of drug-likeness (QED) is 0.622. The van der Waals surface area contributed by atoms with E-state index in [0.29, 0.717) is 11.3 Å². The summed E-state index contributed by atoms with van der Waals surface area (Å²) in [6, 6.07) is 0.283. The molecule has 3 N–H and O–H groups in total. The van der Waals surface area contributed by atoms with Crippen LogP contribution in [0.2, 0.25) is 0 Å². The third-order valence-electron chi connectivity index (χ3n) is 3.18. The number of nitrogens with zero attached hydrogens (tertiary/aromatic N) is 5. The van der Waals surface area contributed by atoms with Crippen molar-refractivity contribution >= 4 is 29.1 Å². The van der Waals surface area contributed by atoms with Crippen LogP contribution in [0.3, 0.4) is 0 Å². The van der Waals surface area contributed by atoms with E-state index < -0.39 is 0 Å². The monoisotopic (exact) mass is 304 g/mol. The summed E-state index contributed by atoms with van der Waals surface area (Å²) in [7, 11) is 0. The Morgan fingerprint density at radius 2 is 2.19 bits per heavy atom. The fourth-order valence-electron chi connectivity index (χ4n) is 2.24. The molecule has 0 saturated heterocycles. The van der Waals surface area contributed by atoms with Crippen molar-refractivity contribution in [2.45, 2.75) is 26.3 Å². The molecule has 9 heteroatoms. The molecule has 0 aliphatic heterocycles. The van der Waals surface area contributed by atoms with Gasteiger partial charge >= 0.3 is 0 Å². The highest BCUT2D eigenvalue weighted by Crippen LogP contribution is 2.16. The zero-order valence-corrected chi connectivity index (χ0v) is 12.6. The normalized spacial score (nSPS) is 11.4. The molecule has 0 unspecified atom stereocenters. The number of rotatable bonds is 5. The Morgan fingerprint density at radius 3 is 3.00 bits per heavy atom. The van der Waals surface area contributed by atoms with Gasteiger partial charge in [-0.1, -0.05) is 0 Å². The van der Waals surface area contributed by atoms with Gasteiger partial charge in [-0.3, -0.25) is 10.2 Å². The molecular formula is C12H16N8S. The molecule has 3 aromatic heterocycles. The summed E-state index contributed by atoms with van der Waals surface area (Å²) in [5.74, 6) is 1.69. The second-order valence-corrected chi connectivity index (χ2v) is 5.33. The Labute approximate surface area is 126 Å². The van der Waals surface area contributed by atoms with E-state index in [1.165, 1.54) is 6.33 Å². The number of aromatic amines is 2. The lowest BCUT2D eigenvalue weighted by Gasteiger charge is -2.11. The van der Waals surface area contributed by atoms with Gasteiger partial charge in [0.1, 0.15) is 18.0 Å². The first kappa shape index (κ1) is 13.7. The van der Waals surface area contributed by atoms with E-state index in [-0.39, 0.29) is 6.04 Å². The summed E-state index contributed by atoms with van der Waals surface area (Å²) in [4.78, 5) is 8.34. The molecular weight excluding hydrogens is 288 g/mol. The van der Waals surface area contributed by atoms with Gasteiger partial charge in [-0.25, -0.2) is 9.97 Å². The highest BCUT2D eigenvalue weighted by Gasteiger charge is 2.10. The number of hydrogen-bond acceptors (Lipinski definition) is 6. The number of aromatic nitrogens is 7. The number of fused-ring (bicyclic) bond motifs is 1. The predicted molar refractivity (Wildman–Crippen MR) is 81.7 cm³/mol. The molecule has 0 amide bonds. The van der Waals surface area contributed by atoms with Gasteiger partial charge in [0.05, 0.1) is 11.6 Å². The molecule has 110 valence electrons. The first-order chi connectivity index (χ1) is 10.2. The number of H-pyrrole nitrogens is 2. The van der Waals surface area contributed by atoms with Crippen molar-refractivity contribution in [1.29, 1.82) is 0 Å². The minimum Gasteiger partial charge on any atom is -0.369 e. The van der Waals surface area contributed by atoms with Crippen molar-refractivity contribution in [3.8, 4) is 0 Å². The van der Waals surface area contributed by atoms with Crippen LogP contribution in [-0.2, 0) is 6.42 Å². The molecule has 0 bridgehead atoms. The van der Waals surface area contributed by atoms with E-state index in [1.54, 1.807) is 6.20 Å². The fraction of sp³-hybridized carbons (Fsp3) is 0.417. The zero-order valence-electron chi connectivity index (χ0n) is 11.8. The van der Waals surface area contributed by atoms with Crippen LogP contribution in [0.15, 0.2) is 12.5 Å². The standard InChI is InChI=1S/C12H16N8S/c1-7(2)20-9(17-19-12(20)21)3-4-13-10-8-5-16-18-11(8)15-6-14-10/h5-7H,3-4H2,1-2H3,(H,19,21)(H2,13,14,15,16,18). The molecule has 0 spiro atoms. The summed E-state index contributed by atoms with van der Waals surface area (Å²) in [6.45, 7) is 4.87. The highest BCUT2D eigenvalue weighted by molar-refractivity contribution is 7.71. The van der Waals surface area contributed by atoms with Crippen molar-refractivity contribution in [2.75, 3.05) is 11.9 Å². The molecule has 0 fully saturated rings. The Balaban J connectivity index is 1.72. The first-order valence-corrected chi connectivity index (χ1v) is 7.11. The number of nitrogens with one attached hydrogen (secondary N) is 3. The molecule has 3 heterocycles. The third-order valence-corrected chi connectivity index (χ3v) is 3.47. The summed E-state index contributed by atoms with van der Waals surface area (Å²) >= 11 is 5.24. The second kappa shape index (κ2) is 5.60. The molecule has 0 aliphatic carbocycles. The minimum atomic E-state index is 0.283. The van der Waals surface area contributed by atoms with Gasteiger partial charge in [0.2, 0.25) is 0 Å². The predicted octanol–water partition coefficient (Wildman–Crippen LogP) is 1.84. The summed E-state index contributed by atoms with van der Waals surface area (Å²) in [5, 5.41) is 18.1. The van der Waals surface area contributed by atoms with Gasteiger partial charge in [0, 0.05) is 19.0 Å². The lowest BCUT2D eigenvalue weighted by Crippen LogP contribution is -2.12. The van der Waals surface area contributed by atoms with Crippen LogP contribution in [0.5, 0.6) is 0 Å². The summed E-state index contributed by atoms with van der Waals surface area (Å²) in [6.07, 6.45) is 3.96. The van der Waals surface area contributed by atoms with Crippen molar-refractivity contribution in [1.82, 2.24) is 34.9 Å². The average Bonchev–Trinajstić information content (AvgIpc) is 3.05. The topological polar surface area (TPSA) is 100 Å². The van der Waals surface area contributed by atoms with E-state index in [4.69, 9.17) is 12.2 Å². The van der Waals surface area contributed by atoms with E-state index >= 15 is 0 Å².